The van der Waals surface area contributed by atoms with E-state index in [1.165, 1.54) is 23.5 Å². The van der Waals surface area contributed by atoms with Crippen molar-refractivity contribution in [1.29, 1.82) is 0 Å². The van der Waals surface area contributed by atoms with Gasteiger partial charge < -0.3 is 9.30 Å². The van der Waals surface area contributed by atoms with Crippen LogP contribution >= 0.6 is 11.3 Å². The van der Waals surface area contributed by atoms with E-state index in [2.05, 4.69) is 4.99 Å². The number of amides is 1. The number of carbonyl (C=O) groups excluding carboxylic acids is 1. The van der Waals surface area contributed by atoms with Crippen LogP contribution in [0.25, 0.3) is 10.2 Å². The molecule has 1 aromatic heterocycles. The van der Waals surface area contributed by atoms with Crippen molar-refractivity contribution in [3.05, 3.63) is 52.8 Å². The number of rotatable bonds is 4. The summed E-state index contributed by atoms with van der Waals surface area (Å²) in [6, 6.07) is 11.8. The fourth-order valence-corrected chi connectivity index (χ4v) is 4.78. The first-order valence-corrected chi connectivity index (χ1v) is 10.4. The number of ether oxygens (including phenoxy) is 1. The van der Waals surface area contributed by atoms with Crippen LogP contribution in [0.3, 0.4) is 0 Å². The van der Waals surface area contributed by atoms with Crippen LogP contribution in [0.4, 0.5) is 0 Å². The lowest BCUT2D eigenvalue weighted by Gasteiger charge is -2.06. The first kappa shape index (κ1) is 18.3. The van der Waals surface area contributed by atoms with Crippen LogP contribution in [0.5, 0.6) is 5.75 Å². The molecule has 3 aromatic rings. The van der Waals surface area contributed by atoms with E-state index in [1.807, 2.05) is 18.2 Å². The van der Waals surface area contributed by atoms with Gasteiger partial charge in [0.15, 0.2) is 14.6 Å². The molecule has 0 saturated carbocycles. The zero-order chi connectivity index (χ0) is 18.9. The van der Waals surface area contributed by atoms with Crippen LogP contribution in [0.1, 0.15) is 17.3 Å². The van der Waals surface area contributed by atoms with Crippen LogP contribution < -0.4 is 9.54 Å². The maximum atomic E-state index is 12.7. The van der Waals surface area contributed by atoms with Gasteiger partial charge in [-0.1, -0.05) is 36.5 Å². The van der Waals surface area contributed by atoms with Gasteiger partial charge in [0.1, 0.15) is 11.3 Å². The Morgan fingerprint density at radius 2 is 1.92 bits per heavy atom. The van der Waals surface area contributed by atoms with Crippen LogP contribution in [-0.2, 0) is 16.9 Å². The topological polar surface area (TPSA) is 77.7 Å². The molecule has 0 bridgehead atoms. The molecule has 6 nitrogen and oxygen atoms in total. The smallest absolute Gasteiger partial charge is 0.280 e. The summed E-state index contributed by atoms with van der Waals surface area (Å²) < 4.78 is 32.6. The highest BCUT2D eigenvalue weighted by Crippen LogP contribution is 2.26. The Morgan fingerprint density at radius 1 is 1.19 bits per heavy atom. The van der Waals surface area contributed by atoms with Crippen molar-refractivity contribution in [2.75, 3.05) is 12.9 Å². The molecule has 0 aliphatic heterocycles. The van der Waals surface area contributed by atoms with Gasteiger partial charge in [-0.25, -0.2) is 8.42 Å². The lowest BCUT2D eigenvalue weighted by Crippen LogP contribution is -2.16. The van der Waals surface area contributed by atoms with Crippen LogP contribution in [0.2, 0.25) is 0 Å². The van der Waals surface area contributed by atoms with Gasteiger partial charge in [0.2, 0.25) is 0 Å². The van der Waals surface area contributed by atoms with E-state index in [9.17, 15) is 13.2 Å². The highest BCUT2D eigenvalue weighted by Gasteiger charge is 2.20. The highest BCUT2D eigenvalue weighted by molar-refractivity contribution is 7.91. The fourth-order valence-electron chi connectivity index (χ4n) is 2.66. The third-order valence-corrected chi connectivity index (χ3v) is 6.92. The summed E-state index contributed by atoms with van der Waals surface area (Å²) in [5.41, 5.74) is 0.916. The second-order valence-electron chi connectivity index (χ2n) is 5.57. The van der Waals surface area contributed by atoms with E-state index in [0.29, 0.717) is 10.6 Å². The number of nitrogens with zero attached hydrogens (tertiary/aromatic N) is 2. The van der Waals surface area contributed by atoms with Crippen molar-refractivity contribution in [2.45, 2.75) is 11.8 Å². The van der Waals surface area contributed by atoms with Crippen molar-refractivity contribution in [2.24, 2.45) is 12.0 Å². The van der Waals surface area contributed by atoms with Crippen molar-refractivity contribution in [3.8, 4) is 5.75 Å². The summed E-state index contributed by atoms with van der Waals surface area (Å²) in [7, 11) is -0.138. The van der Waals surface area contributed by atoms with Gasteiger partial charge in [0.05, 0.1) is 28.0 Å². The van der Waals surface area contributed by atoms with Gasteiger partial charge in [-0.15, -0.1) is 0 Å². The average Bonchev–Trinajstić information content (AvgIpc) is 2.97. The molecule has 1 amide bonds. The number of carbonyl (C=O) groups is 1. The minimum absolute atomic E-state index is 0.0117. The quantitative estimate of drug-likeness (QED) is 0.686. The summed E-state index contributed by atoms with van der Waals surface area (Å²) in [6.07, 6.45) is 0. The predicted octanol–water partition coefficient (Wildman–Crippen LogP) is 2.78. The Bertz CT molecular complexity index is 1160. The third kappa shape index (κ3) is 3.17. The third-order valence-electron chi connectivity index (χ3n) is 4.04. The average molecular weight is 390 g/mol. The minimum Gasteiger partial charge on any atom is -0.495 e. The van der Waals surface area contributed by atoms with Crippen molar-refractivity contribution in [3.63, 3.8) is 0 Å². The van der Waals surface area contributed by atoms with Crippen molar-refractivity contribution in [1.82, 2.24) is 4.57 Å². The number of fused-ring (bicyclic) bond motifs is 1. The first-order chi connectivity index (χ1) is 12.4. The number of para-hydroxylation sites is 1. The summed E-state index contributed by atoms with van der Waals surface area (Å²) in [4.78, 5) is 17.4. The molecule has 2 aromatic carbocycles. The lowest BCUT2D eigenvalue weighted by atomic mass is 10.2. The molecule has 0 unspecified atom stereocenters. The first-order valence-electron chi connectivity index (χ1n) is 7.92. The van der Waals surface area contributed by atoms with Gasteiger partial charge in [0.25, 0.3) is 5.91 Å². The molecule has 0 atom stereocenters. The number of aryl methyl sites for hydroxylation is 1. The van der Waals surface area contributed by atoms with E-state index in [-0.39, 0.29) is 16.2 Å². The Labute approximate surface area is 155 Å². The Hall–Kier alpha value is -2.45. The van der Waals surface area contributed by atoms with Crippen molar-refractivity contribution < 1.29 is 17.9 Å². The number of sulfone groups is 1. The van der Waals surface area contributed by atoms with Gasteiger partial charge >= 0.3 is 0 Å². The van der Waals surface area contributed by atoms with Crippen molar-refractivity contribution >= 4 is 37.3 Å². The number of hydrogen-bond donors (Lipinski definition) is 0. The highest BCUT2D eigenvalue weighted by atomic mass is 32.2. The Balaban J connectivity index is 2.18. The van der Waals surface area contributed by atoms with Crippen LogP contribution in [0.15, 0.2) is 52.4 Å². The number of thiazole rings is 1. The molecule has 0 saturated heterocycles. The van der Waals surface area contributed by atoms with Gasteiger partial charge in [-0.2, -0.15) is 4.99 Å². The number of methoxy groups -OCH3 is 1. The second kappa shape index (κ2) is 7.05. The van der Waals surface area contributed by atoms with E-state index < -0.39 is 15.7 Å². The standard InChI is InChI=1S/C18H18N2O4S2/c1-4-26(22,23)15-11-6-5-8-12(15)17(21)19-18-20(2)16-13(24-3)9-7-10-14(16)25-18/h5-11H,4H2,1-3H3. The zero-order valence-electron chi connectivity index (χ0n) is 14.6. The molecule has 0 aliphatic rings. The SMILES string of the molecule is CCS(=O)(=O)c1ccccc1C(=O)N=c1sc2cccc(OC)c2n1C. The number of aromatic nitrogens is 1. The normalized spacial score (nSPS) is 12.5. The summed E-state index contributed by atoms with van der Waals surface area (Å²) in [5.74, 6) is 0.0217. The van der Waals surface area contributed by atoms with E-state index in [0.717, 1.165) is 10.2 Å². The summed E-state index contributed by atoms with van der Waals surface area (Å²) in [5, 5.41) is 0. The van der Waals surface area contributed by atoms with Gasteiger partial charge in [-0.05, 0) is 24.3 Å². The summed E-state index contributed by atoms with van der Waals surface area (Å²) >= 11 is 1.34. The number of hydrogen-bond acceptors (Lipinski definition) is 5. The molecule has 0 aliphatic carbocycles. The minimum atomic E-state index is -3.52. The molecule has 3 rings (SSSR count). The molecule has 26 heavy (non-hydrogen) atoms. The van der Waals surface area contributed by atoms with Crippen LogP contribution in [-0.4, -0.2) is 31.8 Å². The van der Waals surface area contributed by atoms with E-state index >= 15 is 0 Å². The summed E-state index contributed by atoms with van der Waals surface area (Å²) in [6.45, 7) is 1.55. The molecule has 136 valence electrons. The molecule has 0 spiro atoms. The predicted molar refractivity (Wildman–Crippen MR) is 101 cm³/mol. The zero-order valence-corrected chi connectivity index (χ0v) is 16.2. The lowest BCUT2D eigenvalue weighted by molar-refractivity contribution is 0.0995. The Morgan fingerprint density at radius 3 is 2.62 bits per heavy atom. The molecule has 8 heteroatoms. The molecule has 0 N–H and O–H groups in total. The maximum Gasteiger partial charge on any atom is 0.280 e. The van der Waals surface area contributed by atoms with Crippen LogP contribution in [0, 0.1) is 0 Å². The molecule has 0 fully saturated rings. The molecular weight excluding hydrogens is 372 g/mol. The maximum absolute atomic E-state index is 12.7. The van der Waals surface area contributed by atoms with E-state index in [1.54, 1.807) is 37.8 Å². The van der Waals surface area contributed by atoms with Gasteiger partial charge in [-0.3, -0.25) is 4.79 Å². The Kier molecular flexibility index (Phi) is 4.97. The molecule has 1 heterocycles. The number of benzene rings is 2. The monoisotopic (exact) mass is 390 g/mol. The molecule has 0 radical (unpaired) electrons. The largest absolute Gasteiger partial charge is 0.495 e. The fraction of sp³-hybridized carbons (Fsp3) is 0.222. The second-order valence-corrected chi connectivity index (χ2v) is 8.82. The van der Waals surface area contributed by atoms with E-state index in [4.69, 9.17) is 4.74 Å². The molecular formula is C18H18N2O4S2. The van der Waals surface area contributed by atoms with Gasteiger partial charge in [0, 0.05) is 7.05 Å².